The molecule has 0 amide bonds. The highest BCUT2D eigenvalue weighted by atomic mass is 35.5. The third-order valence-corrected chi connectivity index (χ3v) is 4.05. The molecule has 0 spiro atoms. The van der Waals surface area contributed by atoms with Gasteiger partial charge in [-0.05, 0) is 24.6 Å². The van der Waals surface area contributed by atoms with Crippen LogP contribution >= 0.6 is 34.5 Å². The van der Waals surface area contributed by atoms with E-state index in [-0.39, 0.29) is 0 Å². The van der Waals surface area contributed by atoms with Gasteiger partial charge in [0.05, 0.1) is 22.4 Å². The van der Waals surface area contributed by atoms with E-state index < -0.39 is 0 Å². The first kappa shape index (κ1) is 13.2. The lowest BCUT2D eigenvalue weighted by Gasteiger charge is -2.05. The summed E-state index contributed by atoms with van der Waals surface area (Å²) in [5, 5.41) is 9.63. The lowest BCUT2D eigenvalue weighted by atomic mass is 10.1. The van der Waals surface area contributed by atoms with E-state index in [1.807, 2.05) is 13.0 Å². The van der Waals surface area contributed by atoms with Gasteiger partial charge in [-0.1, -0.05) is 29.0 Å². The zero-order valence-corrected chi connectivity index (χ0v) is 11.7. The second-order valence-corrected chi connectivity index (χ2v) is 5.19. The van der Waals surface area contributed by atoms with E-state index in [1.165, 1.54) is 11.3 Å². The van der Waals surface area contributed by atoms with Crippen molar-refractivity contribution in [3.05, 3.63) is 39.4 Å². The monoisotopic (exact) mass is 298 g/mol. The molecule has 3 nitrogen and oxygen atoms in total. The second-order valence-electron chi connectivity index (χ2n) is 3.52. The molecule has 1 aromatic heterocycles. The van der Waals surface area contributed by atoms with Crippen LogP contribution in [-0.2, 0) is 5.88 Å². The standard InChI is InChI=1S/C12H8Cl2N2OS/c1-7-2-3-8(6-15)4-9(7)17-12-16-11(14)10(5-13)18-12/h2-4H,5H2,1H3. The lowest BCUT2D eigenvalue weighted by Crippen LogP contribution is -1.88. The minimum absolute atomic E-state index is 0.303. The molecule has 0 aliphatic rings. The molecule has 1 heterocycles. The van der Waals surface area contributed by atoms with Gasteiger partial charge in [0, 0.05) is 0 Å². The lowest BCUT2D eigenvalue weighted by molar-refractivity contribution is 0.475. The van der Waals surface area contributed by atoms with Crippen LogP contribution in [0.25, 0.3) is 0 Å². The number of hydrogen-bond donors (Lipinski definition) is 0. The highest BCUT2D eigenvalue weighted by molar-refractivity contribution is 7.14. The van der Waals surface area contributed by atoms with E-state index in [9.17, 15) is 0 Å². The van der Waals surface area contributed by atoms with E-state index in [1.54, 1.807) is 12.1 Å². The summed E-state index contributed by atoms with van der Waals surface area (Å²) in [7, 11) is 0. The van der Waals surface area contributed by atoms with Gasteiger partial charge in [0.25, 0.3) is 5.19 Å². The summed E-state index contributed by atoms with van der Waals surface area (Å²) in [6, 6.07) is 7.30. The number of alkyl halides is 1. The molecule has 0 aliphatic heterocycles. The molecular weight excluding hydrogens is 291 g/mol. The molecule has 0 radical (unpaired) electrons. The van der Waals surface area contributed by atoms with E-state index in [2.05, 4.69) is 11.1 Å². The number of ether oxygens (including phenoxy) is 1. The second kappa shape index (κ2) is 5.57. The molecular formula is C12H8Cl2N2OS. The smallest absolute Gasteiger partial charge is 0.280 e. The maximum Gasteiger partial charge on any atom is 0.280 e. The Morgan fingerprint density at radius 1 is 1.50 bits per heavy atom. The highest BCUT2D eigenvalue weighted by Crippen LogP contribution is 2.34. The van der Waals surface area contributed by atoms with Crippen LogP contribution in [-0.4, -0.2) is 4.98 Å². The van der Waals surface area contributed by atoms with Crippen LogP contribution in [0.1, 0.15) is 16.0 Å². The van der Waals surface area contributed by atoms with Crippen LogP contribution in [0.15, 0.2) is 18.2 Å². The molecule has 0 bridgehead atoms. The Bertz CT molecular complexity index is 619. The molecule has 2 aromatic rings. The zero-order chi connectivity index (χ0) is 13.1. The average molecular weight is 299 g/mol. The van der Waals surface area contributed by atoms with Gasteiger partial charge in [-0.25, -0.2) is 0 Å². The minimum atomic E-state index is 0.303. The van der Waals surface area contributed by atoms with Crippen molar-refractivity contribution in [2.45, 2.75) is 12.8 Å². The van der Waals surface area contributed by atoms with Gasteiger partial charge >= 0.3 is 0 Å². The third kappa shape index (κ3) is 2.75. The Balaban J connectivity index is 2.30. The van der Waals surface area contributed by atoms with Crippen LogP contribution in [0.4, 0.5) is 0 Å². The number of aryl methyl sites for hydroxylation is 1. The molecule has 0 fully saturated rings. The number of hydrogen-bond acceptors (Lipinski definition) is 4. The molecule has 0 saturated carbocycles. The number of aromatic nitrogens is 1. The molecule has 0 unspecified atom stereocenters. The number of nitrogens with zero attached hydrogens (tertiary/aromatic N) is 2. The highest BCUT2D eigenvalue weighted by Gasteiger charge is 2.11. The molecule has 0 saturated heterocycles. The van der Waals surface area contributed by atoms with Crippen molar-refractivity contribution in [1.82, 2.24) is 4.98 Å². The first-order valence-electron chi connectivity index (χ1n) is 5.04. The van der Waals surface area contributed by atoms with Gasteiger partial charge in [-0.15, -0.1) is 11.6 Å². The predicted octanol–water partition coefficient (Wildman–Crippen LogP) is 4.51. The molecule has 0 atom stereocenters. The first-order chi connectivity index (χ1) is 8.63. The van der Waals surface area contributed by atoms with Crippen molar-refractivity contribution in [3.63, 3.8) is 0 Å². The predicted molar refractivity (Wildman–Crippen MR) is 72.6 cm³/mol. The van der Waals surface area contributed by atoms with Crippen molar-refractivity contribution in [2.75, 3.05) is 0 Å². The van der Waals surface area contributed by atoms with Gasteiger partial charge in [-0.3, -0.25) is 0 Å². The van der Waals surface area contributed by atoms with Gasteiger partial charge in [0.15, 0.2) is 0 Å². The maximum absolute atomic E-state index is 8.85. The van der Waals surface area contributed by atoms with Gasteiger partial charge in [0.2, 0.25) is 0 Å². The Labute approximate surface area is 119 Å². The molecule has 0 N–H and O–H groups in total. The van der Waals surface area contributed by atoms with Crippen LogP contribution in [0, 0.1) is 18.3 Å². The Kier molecular flexibility index (Phi) is 4.07. The molecule has 0 aliphatic carbocycles. The Hall–Kier alpha value is -1.28. The summed E-state index contributed by atoms with van der Waals surface area (Å²) < 4.78 is 5.63. The SMILES string of the molecule is Cc1ccc(C#N)cc1Oc1nc(Cl)c(CCl)s1. The number of rotatable bonds is 3. The fraction of sp³-hybridized carbons (Fsp3) is 0.167. The summed E-state index contributed by atoms with van der Waals surface area (Å²) in [4.78, 5) is 4.83. The number of halogens is 2. The van der Waals surface area contributed by atoms with Gasteiger partial charge < -0.3 is 4.74 Å². The normalized spacial score (nSPS) is 10.1. The molecule has 2 rings (SSSR count). The van der Waals surface area contributed by atoms with Crippen molar-refractivity contribution >= 4 is 34.5 Å². The topological polar surface area (TPSA) is 45.9 Å². The largest absolute Gasteiger partial charge is 0.431 e. The molecule has 18 heavy (non-hydrogen) atoms. The summed E-state index contributed by atoms with van der Waals surface area (Å²) in [6.07, 6.45) is 0. The summed E-state index contributed by atoms with van der Waals surface area (Å²) in [6.45, 7) is 1.90. The van der Waals surface area contributed by atoms with Gasteiger partial charge in [0.1, 0.15) is 10.9 Å². The Morgan fingerprint density at radius 2 is 2.28 bits per heavy atom. The number of nitriles is 1. The summed E-state index contributed by atoms with van der Waals surface area (Å²) in [5.74, 6) is 0.900. The Morgan fingerprint density at radius 3 is 2.89 bits per heavy atom. The molecule has 6 heteroatoms. The quantitative estimate of drug-likeness (QED) is 0.783. The van der Waals surface area contributed by atoms with Crippen molar-refractivity contribution < 1.29 is 4.74 Å². The first-order valence-corrected chi connectivity index (χ1v) is 6.76. The zero-order valence-electron chi connectivity index (χ0n) is 9.41. The van der Waals surface area contributed by atoms with Crippen LogP contribution < -0.4 is 4.74 Å². The minimum Gasteiger partial charge on any atom is -0.431 e. The van der Waals surface area contributed by atoms with E-state index in [0.29, 0.717) is 27.5 Å². The van der Waals surface area contributed by atoms with Crippen molar-refractivity contribution in [3.8, 4) is 17.0 Å². The fourth-order valence-corrected chi connectivity index (χ4v) is 2.64. The third-order valence-electron chi connectivity index (χ3n) is 2.27. The van der Waals surface area contributed by atoms with E-state index in [4.69, 9.17) is 33.2 Å². The summed E-state index contributed by atoms with van der Waals surface area (Å²) >= 11 is 12.9. The van der Waals surface area contributed by atoms with Crippen LogP contribution in [0.5, 0.6) is 10.9 Å². The van der Waals surface area contributed by atoms with Crippen molar-refractivity contribution in [2.24, 2.45) is 0 Å². The number of benzene rings is 1. The van der Waals surface area contributed by atoms with Crippen LogP contribution in [0.3, 0.4) is 0 Å². The van der Waals surface area contributed by atoms with E-state index >= 15 is 0 Å². The number of thiazole rings is 1. The van der Waals surface area contributed by atoms with E-state index in [0.717, 1.165) is 10.4 Å². The molecule has 1 aromatic carbocycles. The molecule has 92 valence electrons. The maximum atomic E-state index is 8.85. The fourth-order valence-electron chi connectivity index (χ4n) is 1.31. The van der Waals surface area contributed by atoms with Crippen LogP contribution in [0.2, 0.25) is 5.15 Å². The average Bonchev–Trinajstić information content (AvgIpc) is 2.72. The van der Waals surface area contributed by atoms with Crippen molar-refractivity contribution in [1.29, 1.82) is 5.26 Å². The summed E-state index contributed by atoms with van der Waals surface area (Å²) in [5.41, 5.74) is 1.46. The van der Waals surface area contributed by atoms with Gasteiger partial charge in [-0.2, -0.15) is 10.2 Å².